The Hall–Kier alpha value is -2.14. The van der Waals surface area contributed by atoms with E-state index in [1.807, 2.05) is 29.2 Å². The van der Waals surface area contributed by atoms with Gasteiger partial charge in [-0.1, -0.05) is 32.0 Å². The van der Waals surface area contributed by atoms with Crippen LogP contribution in [0.25, 0.3) is 21.0 Å². The predicted octanol–water partition coefficient (Wildman–Crippen LogP) is 3.86. The maximum absolute atomic E-state index is 12.9. The minimum absolute atomic E-state index is 0.0538. The van der Waals surface area contributed by atoms with Crippen molar-refractivity contribution in [3.05, 3.63) is 45.6 Å². The second kappa shape index (κ2) is 5.74. The number of carbonyl (C=O) groups is 1. The number of nitrogens with one attached hydrogen (secondary N) is 1. The number of aromatic nitrogens is 1. The third kappa shape index (κ3) is 2.53. The van der Waals surface area contributed by atoms with Gasteiger partial charge in [0.1, 0.15) is 0 Å². The molecule has 0 spiro atoms. The Labute approximate surface area is 144 Å². The van der Waals surface area contributed by atoms with Crippen LogP contribution in [0.15, 0.2) is 35.1 Å². The molecule has 124 valence electrons. The Morgan fingerprint density at radius 2 is 1.88 bits per heavy atom. The van der Waals surface area contributed by atoms with Crippen molar-refractivity contribution in [3.8, 4) is 0 Å². The van der Waals surface area contributed by atoms with E-state index in [-0.39, 0.29) is 11.5 Å². The Balaban J connectivity index is 1.80. The van der Waals surface area contributed by atoms with Crippen molar-refractivity contribution in [3.63, 3.8) is 0 Å². The maximum Gasteiger partial charge on any atom is 0.263 e. The number of carbonyl (C=O) groups excluding carboxylic acids is 1. The standard InChI is InChI=1S/C19H20N2O2S/c1-11-7-12(2)10-21(9-11)19(23)16-8-14-17(24-16)13-5-3-4-6-15(13)20-18(14)22/h3-6,8,11-12H,7,9-10H2,1-2H3,(H,20,22)/t11-,12-/m1/s1. The number of amides is 1. The van der Waals surface area contributed by atoms with E-state index in [0.717, 1.165) is 28.7 Å². The van der Waals surface area contributed by atoms with Crippen LogP contribution in [0, 0.1) is 11.8 Å². The van der Waals surface area contributed by atoms with Gasteiger partial charge in [-0.25, -0.2) is 0 Å². The Bertz CT molecular complexity index is 978. The summed E-state index contributed by atoms with van der Waals surface area (Å²) in [5.74, 6) is 1.10. The first-order valence-corrected chi connectivity index (χ1v) is 9.18. The fourth-order valence-corrected chi connectivity index (χ4v) is 4.99. The molecule has 1 N–H and O–H groups in total. The molecule has 4 rings (SSSR count). The summed E-state index contributed by atoms with van der Waals surface area (Å²) in [4.78, 5) is 30.8. The first-order chi connectivity index (χ1) is 11.5. The largest absolute Gasteiger partial charge is 0.337 e. The van der Waals surface area contributed by atoms with Crippen LogP contribution in [0.3, 0.4) is 0 Å². The van der Waals surface area contributed by atoms with Crippen LogP contribution in [0.4, 0.5) is 0 Å². The molecule has 4 nitrogen and oxygen atoms in total. The van der Waals surface area contributed by atoms with Gasteiger partial charge in [-0.2, -0.15) is 0 Å². The van der Waals surface area contributed by atoms with Crippen molar-refractivity contribution in [2.45, 2.75) is 20.3 Å². The molecule has 1 aliphatic rings. The first kappa shape index (κ1) is 15.4. The van der Waals surface area contributed by atoms with E-state index in [0.29, 0.717) is 22.1 Å². The van der Waals surface area contributed by atoms with E-state index in [1.54, 1.807) is 6.07 Å². The van der Waals surface area contributed by atoms with Crippen molar-refractivity contribution in [1.82, 2.24) is 9.88 Å². The van der Waals surface area contributed by atoms with Gasteiger partial charge in [0.25, 0.3) is 11.5 Å². The number of aromatic amines is 1. The number of H-pyrrole nitrogens is 1. The summed E-state index contributed by atoms with van der Waals surface area (Å²) in [7, 11) is 0. The molecule has 1 amide bonds. The number of fused-ring (bicyclic) bond motifs is 3. The highest BCUT2D eigenvalue weighted by molar-refractivity contribution is 7.21. The molecule has 0 bridgehead atoms. The molecular weight excluding hydrogens is 320 g/mol. The molecule has 1 aliphatic heterocycles. The second-order valence-corrected chi connectivity index (χ2v) is 8.06. The number of piperidine rings is 1. The zero-order chi connectivity index (χ0) is 16.8. The molecule has 3 aromatic rings. The zero-order valence-corrected chi connectivity index (χ0v) is 14.7. The summed E-state index contributed by atoms with van der Waals surface area (Å²) in [6.07, 6.45) is 1.17. The number of hydrogen-bond donors (Lipinski definition) is 1. The molecule has 1 saturated heterocycles. The Kier molecular flexibility index (Phi) is 3.68. The van der Waals surface area contributed by atoms with Crippen molar-refractivity contribution < 1.29 is 4.79 Å². The van der Waals surface area contributed by atoms with Crippen LogP contribution in [0.2, 0.25) is 0 Å². The third-order valence-corrected chi connectivity index (χ3v) is 5.92. The number of hydrogen-bond acceptors (Lipinski definition) is 3. The van der Waals surface area contributed by atoms with E-state index < -0.39 is 0 Å². The van der Waals surface area contributed by atoms with Crippen LogP contribution in [-0.4, -0.2) is 28.9 Å². The molecule has 1 aromatic carbocycles. The van der Waals surface area contributed by atoms with E-state index in [1.165, 1.54) is 17.8 Å². The van der Waals surface area contributed by atoms with Gasteiger partial charge in [-0.3, -0.25) is 9.59 Å². The molecule has 3 heterocycles. The van der Waals surface area contributed by atoms with Crippen LogP contribution in [0.5, 0.6) is 0 Å². The van der Waals surface area contributed by atoms with Gasteiger partial charge < -0.3 is 9.88 Å². The van der Waals surface area contributed by atoms with Gasteiger partial charge in [0, 0.05) is 28.7 Å². The molecule has 0 saturated carbocycles. The first-order valence-electron chi connectivity index (χ1n) is 8.36. The fraction of sp³-hybridized carbons (Fsp3) is 0.368. The van der Waals surface area contributed by atoms with Crippen molar-refractivity contribution in [2.75, 3.05) is 13.1 Å². The summed E-state index contributed by atoms with van der Waals surface area (Å²) in [6.45, 7) is 5.99. The third-order valence-electron chi connectivity index (χ3n) is 4.76. The topological polar surface area (TPSA) is 53.2 Å². The maximum atomic E-state index is 12.9. The average Bonchev–Trinajstić information content (AvgIpc) is 2.99. The van der Waals surface area contributed by atoms with Crippen molar-refractivity contribution >= 4 is 38.2 Å². The molecule has 1 fully saturated rings. The van der Waals surface area contributed by atoms with Crippen LogP contribution >= 0.6 is 11.3 Å². The average molecular weight is 340 g/mol. The highest BCUT2D eigenvalue weighted by Crippen LogP contribution is 2.31. The molecule has 2 aromatic heterocycles. The minimum atomic E-state index is -0.126. The smallest absolute Gasteiger partial charge is 0.263 e. The summed E-state index contributed by atoms with van der Waals surface area (Å²) in [6, 6.07) is 9.50. The van der Waals surface area contributed by atoms with Crippen molar-refractivity contribution in [1.29, 1.82) is 0 Å². The fourth-order valence-electron chi connectivity index (χ4n) is 3.83. The van der Waals surface area contributed by atoms with E-state index >= 15 is 0 Å². The number of likely N-dealkylation sites (tertiary alicyclic amines) is 1. The van der Waals surface area contributed by atoms with Gasteiger partial charge in [-0.15, -0.1) is 11.3 Å². The lowest BCUT2D eigenvalue weighted by Gasteiger charge is -2.34. The molecular formula is C19H20N2O2S. The molecule has 24 heavy (non-hydrogen) atoms. The summed E-state index contributed by atoms with van der Waals surface area (Å²) >= 11 is 1.43. The Morgan fingerprint density at radius 3 is 2.62 bits per heavy atom. The lowest BCUT2D eigenvalue weighted by Crippen LogP contribution is -2.42. The molecule has 0 aliphatic carbocycles. The summed E-state index contributed by atoms with van der Waals surface area (Å²) < 4.78 is 0.899. The molecule has 0 unspecified atom stereocenters. The highest BCUT2D eigenvalue weighted by atomic mass is 32.1. The van der Waals surface area contributed by atoms with Gasteiger partial charge in [0.2, 0.25) is 0 Å². The highest BCUT2D eigenvalue weighted by Gasteiger charge is 2.27. The van der Waals surface area contributed by atoms with Crippen LogP contribution < -0.4 is 5.56 Å². The SMILES string of the molecule is C[C@@H]1C[C@@H](C)CN(C(=O)c2cc3c(=O)[nH]c4ccccc4c3s2)C1. The predicted molar refractivity (Wildman–Crippen MR) is 98.8 cm³/mol. The number of pyridine rings is 1. The van der Waals surface area contributed by atoms with Crippen molar-refractivity contribution in [2.24, 2.45) is 11.8 Å². The lowest BCUT2D eigenvalue weighted by atomic mass is 9.92. The number of benzene rings is 1. The zero-order valence-electron chi connectivity index (χ0n) is 13.8. The lowest BCUT2D eigenvalue weighted by molar-refractivity contribution is 0.0628. The summed E-state index contributed by atoms with van der Waals surface area (Å²) in [5.41, 5.74) is 0.690. The second-order valence-electron chi connectivity index (χ2n) is 7.01. The molecule has 5 heteroatoms. The van der Waals surface area contributed by atoms with Crippen LogP contribution in [-0.2, 0) is 0 Å². The van der Waals surface area contributed by atoms with Gasteiger partial charge >= 0.3 is 0 Å². The quantitative estimate of drug-likeness (QED) is 0.731. The van der Waals surface area contributed by atoms with Gasteiger partial charge in [0.05, 0.1) is 10.3 Å². The number of thiophene rings is 1. The van der Waals surface area contributed by atoms with E-state index in [4.69, 9.17) is 0 Å². The van der Waals surface area contributed by atoms with Crippen LogP contribution in [0.1, 0.15) is 29.9 Å². The number of rotatable bonds is 1. The monoisotopic (exact) mass is 340 g/mol. The number of nitrogens with zero attached hydrogens (tertiary/aromatic N) is 1. The van der Waals surface area contributed by atoms with Gasteiger partial charge in [0.15, 0.2) is 0 Å². The normalized spacial score (nSPS) is 21.5. The van der Waals surface area contributed by atoms with Gasteiger partial charge in [-0.05, 0) is 30.4 Å². The minimum Gasteiger partial charge on any atom is -0.337 e. The Morgan fingerprint density at radius 1 is 1.17 bits per heavy atom. The van der Waals surface area contributed by atoms with E-state index in [9.17, 15) is 9.59 Å². The van der Waals surface area contributed by atoms with E-state index in [2.05, 4.69) is 18.8 Å². The molecule has 0 radical (unpaired) electrons. The number of para-hydroxylation sites is 1. The summed E-state index contributed by atoms with van der Waals surface area (Å²) in [5, 5.41) is 1.61. The molecule has 2 atom stereocenters.